The molecule has 1 N–H and O–H groups in total. The van der Waals surface area contributed by atoms with Crippen LogP contribution in [0.25, 0.3) is 0 Å². The summed E-state index contributed by atoms with van der Waals surface area (Å²) in [6.07, 6.45) is 0.101. The number of rotatable bonds is 7. The number of nitro groups is 1. The maximum absolute atomic E-state index is 12.1. The molecule has 2 aromatic rings. The number of anilines is 1. The molecule has 1 aliphatic heterocycles. The molecule has 29 heavy (non-hydrogen) atoms. The normalized spacial score (nSPS) is 13.6. The quantitative estimate of drug-likeness (QED) is 0.563. The van der Waals surface area contributed by atoms with Gasteiger partial charge < -0.3 is 19.7 Å². The van der Waals surface area contributed by atoms with Crippen molar-refractivity contribution in [2.24, 2.45) is 0 Å². The van der Waals surface area contributed by atoms with E-state index in [0.717, 1.165) is 0 Å². The molecule has 0 saturated carbocycles. The Kier molecular flexibility index (Phi) is 6.75. The van der Waals surface area contributed by atoms with E-state index < -0.39 is 4.92 Å². The third kappa shape index (κ3) is 6.01. The van der Waals surface area contributed by atoms with Crippen LogP contribution in [0.1, 0.15) is 5.56 Å². The summed E-state index contributed by atoms with van der Waals surface area (Å²) < 4.78 is 10.7. The van der Waals surface area contributed by atoms with Gasteiger partial charge >= 0.3 is 0 Å². The Morgan fingerprint density at radius 3 is 2.34 bits per heavy atom. The van der Waals surface area contributed by atoms with Crippen molar-refractivity contribution in [3.05, 3.63) is 64.2 Å². The fourth-order valence-electron chi connectivity index (χ4n) is 2.81. The summed E-state index contributed by atoms with van der Waals surface area (Å²) >= 11 is 0. The van der Waals surface area contributed by atoms with Crippen LogP contribution >= 0.6 is 0 Å². The first-order chi connectivity index (χ1) is 14.0. The Morgan fingerprint density at radius 1 is 1.07 bits per heavy atom. The first kappa shape index (κ1) is 20.3. The number of nitrogens with one attached hydrogen (secondary N) is 1. The van der Waals surface area contributed by atoms with Gasteiger partial charge in [0.25, 0.3) is 11.6 Å². The van der Waals surface area contributed by atoms with Crippen molar-refractivity contribution in [1.82, 2.24) is 4.90 Å². The molecular weight excluding hydrogens is 378 g/mol. The van der Waals surface area contributed by atoms with Crippen molar-refractivity contribution in [3.8, 4) is 5.75 Å². The summed E-state index contributed by atoms with van der Waals surface area (Å²) in [6.45, 7) is 2.18. The molecule has 0 atom stereocenters. The van der Waals surface area contributed by atoms with Gasteiger partial charge in [-0.05, 0) is 29.8 Å². The van der Waals surface area contributed by atoms with E-state index in [1.807, 2.05) is 0 Å². The highest BCUT2D eigenvalue weighted by atomic mass is 16.6. The van der Waals surface area contributed by atoms with Crippen molar-refractivity contribution in [3.63, 3.8) is 0 Å². The number of non-ortho nitro benzene ring substituents is 1. The largest absolute Gasteiger partial charge is 0.484 e. The lowest BCUT2D eigenvalue weighted by molar-refractivity contribution is -0.384. The van der Waals surface area contributed by atoms with E-state index in [0.29, 0.717) is 43.3 Å². The van der Waals surface area contributed by atoms with E-state index in [9.17, 15) is 19.7 Å². The van der Waals surface area contributed by atoms with Gasteiger partial charge in [-0.3, -0.25) is 19.7 Å². The van der Waals surface area contributed by atoms with Crippen LogP contribution < -0.4 is 10.1 Å². The highest BCUT2D eigenvalue weighted by Crippen LogP contribution is 2.17. The number of carbonyl (C=O) groups excluding carboxylic acids is 2. The topological polar surface area (TPSA) is 111 Å². The van der Waals surface area contributed by atoms with E-state index in [1.54, 1.807) is 41.3 Å². The minimum absolute atomic E-state index is 0.0168. The van der Waals surface area contributed by atoms with Gasteiger partial charge in [0.2, 0.25) is 5.91 Å². The summed E-state index contributed by atoms with van der Waals surface area (Å²) in [5.74, 6) is 0.198. The van der Waals surface area contributed by atoms with Gasteiger partial charge in [0, 0.05) is 30.9 Å². The van der Waals surface area contributed by atoms with Gasteiger partial charge in [-0.1, -0.05) is 12.1 Å². The zero-order valence-corrected chi connectivity index (χ0v) is 15.7. The van der Waals surface area contributed by atoms with Crippen LogP contribution in [-0.2, 0) is 20.7 Å². The number of carbonyl (C=O) groups is 2. The van der Waals surface area contributed by atoms with Crippen molar-refractivity contribution < 1.29 is 24.0 Å². The Hall–Kier alpha value is -3.46. The molecule has 0 aliphatic carbocycles. The number of morpholine rings is 1. The second-order valence-electron chi connectivity index (χ2n) is 6.45. The summed E-state index contributed by atoms with van der Waals surface area (Å²) in [6, 6.07) is 12.6. The lowest BCUT2D eigenvalue weighted by Gasteiger charge is -2.26. The molecule has 2 aromatic carbocycles. The zero-order valence-electron chi connectivity index (χ0n) is 15.7. The number of amides is 2. The number of benzene rings is 2. The van der Waals surface area contributed by atoms with Crippen LogP contribution in [-0.4, -0.2) is 54.5 Å². The van der Waals surface area contributed by atoms with Crippen molar-refractivity contribution >= 4 is 23.2 Å². The molecule has 0 radical (unpaired) electrons. The number of hydrogen-bond acceptors (Lipinski definition) is 6. The van der Waals surface area contributed by atoms with Gasteiger partial charge in [0.05, 0.1) is 24.6 Å². The van der Waals surface area contributed by atoms with Gasteiger partial charge in [0.1, 0.15) is 5.75 Å². The lowest BCUT2D eigenvalue weighted by atomic mass is 10.1. The Balaban J connectivity index is 1.46. The van der Waals surface area contributed by atoms with Crippen molar-refractivity contribution in [1.29, 1.82) is 0 Å². The molecule has 0 unspecified atom stereocenters. The highest BCUT2D eigenvalue weighted by molar-refractivity contribution is 5.92. The predicted octanol–water partition coefficient (Wildman–Crippen LogP) is 2.01. The van der Waals surface area contributed by atoms with Gasteiger partial charge in [-0.15, -0.1) is 0 Å². The minimum Gasteiger partial charge on any atom is -0.484 e. The Labute approximate surface area is 167 Å². The molecule has 1 fully saturated rings. The highest BCUT2D eigenvalue weighted by Gasteiger charge is 2.17. The number of nitro benzene ring substituents is 1. The van der Waals surface area contributed by atoms with Crippen LogP contribution in [0.3, 0.4) is 0 Å². The van der Waals surface area contributed by atoms with E-state index in [1.165, 1.54) is 12.1 Å². The van der Waals surface area contributed by atoms with Gasteiger partial charge in [-0.25, -0.2) is 0 Å². The zero-order chi connectivity index (χ0) is 20.6. The molecule has 9 nitrogen and oxygen atoms in total. The van der Waals surface area contributed by atoms with E-state index in [2.05, 4.69) is 5.32 Å². The maximum atomic E-state index is 12.1. The van der Waals surface area contributed by atoms with Crippen LogP contribution in [0.2, 0.25) is 0 Å². The second-order valence-corrected chi connectivity index (χ2v) is 6.45. The van der Waals surface area contributed by atoms with Crippen LogP contribution in [0.5, 0.6) is 5.75 Å². The van der Waals surface area contributed by atoms with Crippen molar-refractivity contribution in [2.75, 3.05) is 38.2 Å². The number of nitrogens with zero attached hydrogens (tertiary/aromatic N) is 2. The Bertz CT molecular complexity index is 861. The second kappa shape index (κ2) is 9.65. The third-order valence-corrected chi connectivity index (χ3v) is 4.38. The smallest absolute Gasteiger partial charge is 0.269 e. The molecule has 1 aliphatic rings. The summed E-state index contributed by atoms with van der Waals surface area (Å²) in [5.41, 5.74) is 1.25. The molecule has 3 rings (SSSR count). The summed E-state index contributed by atoms with van der Waals surface area (Å²) in [7, 11) is 0. The SMILES string of the molecule is O=C(Cc1ccc([N+](=O)[O-])cc1)Nc1ccc(OCC(=O)N2CCOCC2)cc1. The first-order valence-electron chi connectivity index (χ1n) is 9.13. The van der Waals surface area contributed by atoms with Gasteiger partial charge in [0.15, 0.2) is 6.61 Å². The molecule has 0 bridgehead atoms. The predicted molar refractivity (Wildman–Crippen MR) is 105 cm³/mol. The fourth-order valence-corrected chi connectivity index (χ4v) is 2.81. The Morgan fingerprint density at radius 2 is 1.72 bits per heavy atom. The van der Waals surface area contributed by atoms with Crippen molar-refractivity contribution in [2.45, 2.75) is 6.42 Å². The van der Waals surface area contributed by atoms with E-state index >= 15 is 0 Å². The molecule has 1 saturated heterocycles. The average molecular weight is 399 g/mol. The summed E-state index contributed by atoms with van der Waals surface area (Å²) in [4.78, 5) is 36.1. The van der Waals surface area contributed by atoms with Crippen LogP contribution in [0, 0.1) is 10.1 Å². The molecule has 1 heterocycles. The molecular formula is C20H21N3O6. The van der Waals surface area contributed by atoms with Crippen LogP contribution in [0.15, 0.2) is 48.5 Å². The molecule has 0 spiro atoms. The molecule has 152 valence electrons. The standard InChI is InChI=1S/C20H21N3O6/c24-19(13-15-1-5-17(6-2-15)23(26)27)21-16-3-7-18(8-4-16)29-14-20(25)22-9-11-28-12-10-22/h1-8H,9-14H2,(H,21,24). The van der Waals surface area contributed by atoms with Crippen LogP contribution in [0.4, 0.5) is 11.4 Å². The minimum atomic E-state index is -0.484. The van der Waals surface area contributed by atoms with E-state index in [4.69, 9.17) is 9.47 Å². The number of ether oxygens (including phenoxy) is 2. The fraction of sp³-hybridized carbons (Fsp3) is 0.300. The number of hydrogen-bond donors (Lipinski definition) is 1. The monoisotopic (exact) mass is 399 g/mol. The molecule has 2 amide bonds. The molecule has 0 aromatic heterocycles. The summed E-state index contributed by atoms with van der Waals surface area (Å²) in [5, 5.41) is 13.4. The molecule has 9 heteroatoms. The maximum Gasteiger partial charge on any atom is 0.269 e. The van der Waals surface area contributed by atoms with Gasteiger partial charge in [-0.2, -0.15) is 0 Å². The lowest BCUT2D eigenvalue weighted by Crippen LogP contribution is -2.42. The average Bonchev–Trinajstić information content (AvgIpc) is 2.74. The first-order valence-corrected chi connectivity index (χ1v) is 9.13. The van der Waals surface area contributed by atoms with E-state index in [-0.39, 0.29) is 30.5 Å². The third-order valence-electron chi connectivity index (χ3n) is 4.38.